The zero-order valence-corrected chi connectivity index (χ0v) is 18.5. The predicted octanol–water partition coefficient (Wildman–Crippen LogP) is 3.78. The van der Waals surface area contributed by atoms with E-state index in [-0.39, 0.29) is 18.8 Å². The Morgan fingerprint density at radius 2 is 1.43 bits per heavy atom. The van der Waals surface area contributed by atoms with Crippen LogP contribution in [0, 0.1) is 0 Å². The van der Waals surface area contributed by atoms with E-state index in [0.29, 0.717) is 11.0 Å². The molecule has 0 rings (SSSR count). The summed E-state index contributed by atoms with van der Waals surface area (Å²) in [6.45, 7) is 2.67. The smallest absolute Gasteiger partial charge is 0.310 e. The van der Waals surface area contributed by atoms with Gasteiger partial charge in [0.25, 0.3) is 0 Å². The number of carbonyl (C=O) groups excluding carboxylic acids is 2. The molecular formula is C23H41NO4. The number of carboxylic acids is 1. The Labute approximate surface area is 172 Å². The molecule has 5 nitrogen and oxygen atoms in total. The van der Waals surface area contributed by atoms with E-state index in [1.807, 2.05) is 33.3 Å². The second kappa shape index (κ2) is 16.3. The summed E-state index contributed by atoms with van der Waals surface area (Å²) >= 11 is 0. The summed E-state index contributed by atoms with van der Waals surface area (Å²) in [5.41, 5.74) is 0. The number of hydrogen-bond acceptors (Lipinski definition) is 4. The van der Waals surface area contributed by atoms with Crippen molar-refractivity contribution in [2.75, 3.05) is 27.7 Å². The lowest BCUT2D eigenvalue weighted by Gasteiger charge is -2.29. The molecule has 0 amide bonds. The second-order valence-electron chi connectivity index (χ2n) is 8.44. The largest absolute Gasteiger partial charge is 0.550 e. The second-order valence-corrected chi connectivity index (χ2v) is 8.44. The van der Waals surface area contributed by atoms with Crippen molar-refractivity contribution >= 4 is 11.9 Å². The van der Waals surface area contributed by atoms with Crippen LogP contribution in [0.3, 0.4) is 0 Å². The lowest BCUT2D eigenvalue weighted by molar-refractivity contribution is -0.873. The van der Waals surface area contributed by atoms with Crippen LogP contribution in [0.1, 0.15) is 77.6 Å². The molecule has 0 radical (unpaired) electrons. The van der Waals surface area contributed by atoms with Crippen LogP contribution in [0.2, 0.25) is 0 Å². The van der Waals surface area contributed by atoms with Crippen LogP contribution in [-0.4, -0.2) is 50.2 Å². The van der Waals surface area contributed by atoms with E-state index in [2.05, 4.69) is 19.1 Å². The highest BCUT2D eigenvalue weighted by molar-refractivity contribution is 5.72. The molecule has 1 atom stereocenters. The van der Waals surface area contributed by atoms with Crippen LogP contribution in [0.25, 0.3) is 0 Å². The Hall–Kier alpha value is -1.62. The topological polar surface area (TPSA) is 66.4 Å². The zero-order valence-electron chi connectivity index (χ0n) is 18.5. The lowest BCUT2D eigenvalue weighted by atomic mass is 10.1. The normalized spacial score (nSPS) is 13.3. The Balaban J connectivity index is 3.86. The molecule has 0 aliphatic heterocycles. The Morgan fingerprint density at radius 1 is 0.893 bits per heavy atom. The Bertz CT molecular complexity index is 477. The molecule has 0 saturated heterocycles. The average molecular weight is 396 g/mol. The van der Waals surface area contributed by atoms with Gasteiger partial charge < -0.3 is 19.1 Å². The Kier molecular flexibility index (Phi) is 15.4. The number of hydrogen-bond donors (Lipinski definition) is 0. The van der Waals surface area contributed by atoms with Gasteiger partial charge in [-0.2, -0.15) is 0 Å². The molecule has 0 bridgehead atoms. The molecule has 0 aromatic rings. The monoisotopic (exact) mass is 395 g/mol. The van der Waals surface area contributed by atoms with Crippen molar-refractivity contribution in [3.05, 3.63) is 24.3 Å². The molecule has 1 unspecified atom stereocenters. The number of esters is 1. The number of carbonyl (C=O) groups is 2. The first-order valence-corrected chi connectivity index (χ1v) is 10.7. The van der Waals surface area contributed by atoms with Crippen molar-refractivity contribution in [2.45, 2.75) is 83.7 Å². The minimum atomic E-state index is -1.20. The first-order valence-electron chi connectivity index (χ1n) is 10.7. The number of quaternary nitrogens is 1. The van der Waals surface area contributed by atoms with E-state index in [1.54, 1.807) is 0 Å². The molecule has 0 aliphatic carbocycles. The first-order chi connectivity index (χ1) is 13.2. The third-order valence-corrected chi connectivity index (χ3v) is 4.28. The van der Waals surface area contributed by atoms with E-state index < -0.39 is 12.1 Å². The molecule has 0 aliphatic rings. The van der Waals surface area contributed by atoms with Gasteiger partial charge in [0.1, 0.15) is 6.54 Å². The summed E-state index contributed by atoms with van der Waals surface area (Å²) in [6, 6.07) is 0. The van der Waals surface area contributed by atoms with E-state index in [1.165, 1.54) is 32.1 Å². The van der Waals surface area contributed by atoms with E-state index in [4.69, 9.17) is 4.74 Å². The van der Waals surface area contributed by atoms with Crippen LogP contribution in [0.4, 0.5) is 0 Å². The highest BCUT2D eigenvalue weighted by Crippen LogP contribution is 2.08. The molecule has 0 spiro atoms. The highest BCUT2D eigenvalue weighted by atomic mass is 16.5. The summed E-state index contributed by atoms with van der Waals surface area (Å²) in [5, 5.41) is 10.8. The maximum atomic E-state index is 11.9. The van der Waals surface area contributed by atoms with Crippen molar-refractivity contribution in [2.24, 2.45) is 0 Å². The van der Waals surface area contributed by atoms with Crippen LogP contribution >= 0.6 is 0 Å². The van der Waals surface area contributed by atoms with Gasteiger partial charge in [0.05, 0.1) is 27.6 Å². The summed E-state index contributed by atoms with van der Waals surface area (Å²) in [4.78, 5) is 22.8. The predicted molar refractivity (Wildman–Crippen MR) is 113 cm³/mol. The van der Waals surface area contributed by atoms with Gasteiger partial charge in [-0.3, -0.25) is 4.79 Å². The van der Waals surface area contributed by atoms with Gasteiger partial charge in [0.15, 0.2) is 6.10 Å². The van der Waals surface area contributed by atoms with Crippen molar-refractivity contribution in [3.8, 4) is 0 Å². The molecule has 0 aromatic heterocycles. The minimum Gasteiger partial charge on any atom is -0.550 e. The molecule has 0 aromatic carbocycles. The molecule has 28 heavy (non-hydrogen) atoms. The van der Waals surface area contributed by atoms with Gasteiger partial charge in [0, 0.05) is 12.4 Å². The summed E-state index contributed by atoms with van der Waals surface area (Å²) < 4.78 is 5.83. The summed E-state index contributed by atoms with van der Waals surface area (Å²) in [5.74, 6) is -1.58. The molecular weight excluding hydrogens is 354 g/mol. The van der Waals surface area contributed by atoms with Gasteiger partial charge in [-0.05, 0) is 38.5 Å². The maximum absolute atomic E-state index is 11.9. The fourth-order valence-electron chi connectivity index (χ4n) is 2.92. The summed E-state index contributed by atoms with van der Waals surface area (Å²) in [7, 11) is 5.78. The number of aliphatic carboxylic acids is 1. The van der Waals surface area contributed by atoms with Crippen molar-refractivity contribution in [3.63, 3.8) is 0 Å². The molecule has 0 fully saturated rings. The number of ether oxygens (including phenoxy) is 1. The van der Waals surface area contributed by atoms with Crippen LogP contribution < -0.4 is 5.11 Å². The van der Waals surface area contributed by atoms with Gasteiger partial charge in [0.2, 0.25) is 0 Å². The van der Waals surface area contributed by atoms with E-state index >= 15 is 0 Å². The third kappa shape index (κ3) is 19.2. The number of likely N-dealkylation sites (N-methyl/N-ethyl adjacent to an activating group) is 1. The molecule has 162 valence electrons. The minimum absolute atomic E-state index is 0.179. The van der Waals surface area contributed by atoms with E-state index in [0.717, 1.165) is 25.7 Å². The van der Waals surface area contributed by atoms with Crippen molar-refractivity contribution < 1.29 is 23.9 Å². The van der Waals surface area contributed by atoms with Gasteiger partial charge >= 0.3 is 5.97 Å². The fourth-order valence-corrected chi connectivity index (χ4v) is 2.92. The first kappa shape index (κ1) is 26.4. The van der Waals surface area contributed by atoms with Gasteiger partial charge in [-0.1, -0.05) is 50.5 Å². The van der Waals surface area contributed by atoms with Gasteiger partial charge in [-0.25, -0.2) is 0 Å². The van der Waals surface area contributed by atoms with Crippen LogP contribution in [-0.2, 0) is 14.3 Å². The number of allylic oxidation sites excluding steroid dienone is 3. The number of nitrogens with zero attached hydrogens (tertiary/aromatic N) is 1. The number of rotatable bonds is 17. The van der Waals surface area contributed by atoms with Crippen molar-refractivity contribution in [1.29, 1.82) is 0 Å². The van der Waals surface area contributed by atoms with Crippen LogP contribution in [0.5, 0.6) is 0 Å². The molecule has 5 heteroatoms. The molecule has 0 N–H and O–H groups in total. The van der Waals surface area contributed by atoms with Crippen molar-refractivity contribution in [1.82, 2.24) is 0 Å². The maximum Gasteiger partial charge on any atom is 0.310 e. The number of carboxylic acid groups (broad SMARTS) is 1. The Morgan fingerprint density at radius 3 is 1.93 bits per heavy atom. The highest BCUT2D eigenvalue weighted by Gasteiger charge is 2.21. The standard InChI is InChI=1S/C23H41NO4/c1-5-6-7-8-9-10-11-12-13-14-15-16-17-18-23(27)28-21(19-22(25)26)20-24(2,3)4/h10-11,16-17,21H,5-9,12-15,18-20H2,1-4H3/b11-10+,17-16+. The quantitative estimate of drug-likeness (QED) is 0.163. The zero-order chi connectivity index (χ0) is 21.3. The third-order valence-electron chi connectivity index (χ3n) is 4.28. The van der Waals surface area contributed by atoms with Gasteiger partial charge in [-0.15, -0.1) is 0 Å². The average Bonchev–Trinajstić information content (AvgIpc) is 2.56. The number of unbranched alkanes of at least 4 members (excludes halogenated alkanes) is 7. The molecule has 0 saturated carbocycles. The summed E-state index contributed by atoms with van der Waals surface area (Å²) in [6.07, 6.45) is 18.4. The van der Waals surface area contributed by atoms with Crippen LogP contribution in [0.15, 0.2) is 24.3 Å². The molecule has 0 heterocycles. The van der Waals surface area contributed by atoms with E-state index in [9.17, 15) is 14.7 Å². The fraction of sp³-hybridized carbons (Fsp3) is 0.739. The SMILES string of the molecule is CCCCCC/C=C/CCCC/C=C/CC(=O)OC(CC(=O)[O-])C[N+](C)(C)C. The lowest BCUT2D eigenvalue weighted by Crippen LogP contribution is -2.45.